The third kappa shape index (κ3) is 1.54. The number of amides is 1. The lowest BCUT2D eigenvalue weighted by Gasteiger charge is -2.07. The van der Waals surface area contributed by atoms with Crippen molar-refractivity contribution < 1.29 is 4.79 Å². The average molecular weight is 239 g/mol. The van der Waals surface area contributed by atoms with E-state index in [9.17, 15) is 4.79 Å². The summed E-state index contributed by atoms with van der Waals surface area (Å²) < 4.78 is 0. The lowest BCUT2D eigenvalue weighted by atomic mass is 10.2. The summed E-state index contributed by atoms with van der Waals surface area (Å²) in [5, 5.41) is 2.00. The first-order valence-corrected chi connectivity index (χ1v) is 5.05. The average Bonchev–Trinajstić information content (AvgIpc) is 2.17. The summed E-state index contributed by atoms with van der Waals surface area (Å²) in [6.45, 7) is 0. The fourth-order valence-corrected chi connectivity index (χ4v) is 1.61. The molecule has 0 fully saturated rings. The third-order valence-corrected chi connectivity index (χ3v) is 2.45. The van der Waals surface area contributed by atoms with Crippen LogP contribution in [0.1, 0.15) is 0 Å². The first kappa shape index (κ1) is 8.56. The molecule has 0 saturated carbocycles. The molecule has 13 heavy (non-hydrogen) atoms. The Morgan fingerprint density at radius 3 is 2.69 bits per heavy atom. The highest BCUT2D eigenvalue weighted by atomic mass is 79.9. The van der Waals surface area contributed by atoms with Crippen LogP contribution in [0.5, 0.6) is 0 Å². The summed E-state index contributed by atoms with van der Waals surface area (Å²) in [5.41, 5.74) is 0. The molecule has 66 valence electrons. The van der Waals surface area contributed by atoms with E-state index in [2.05, 4.69) is 25.9 Å². The Balaban J connectivity index is 2.66. The highest BCUT2D eigenvalue weighted by Crippen LogP contribution is 1.99. The van der Waals surface area contributed by atoms with Gasteiger partial charge in [-0.1, -0.05) is 28.1 Å². The molecule has 0 bridgehead atoms. The second-order valence-corrected chi connectivity index (χ2v) is 3.39. The number of fused-ring (bicyclic) bond motifs is 1. The minimum absolute atomic E-state index is 0.171. The molecule has 0 aromatic heterocycles. The number of hydrogen-bond donors (Lipinski definition) is 0. The number of halogens is 1. The van der Waals surface area contributed by atoms with Gasteiger partial charge in [-0.2, -0.15) is 0 Å². The van der Waals surface area contributed by atoms with Gasteiger partial charge >= 0.3 is 0 Å². The van der Waals surface area contributed by atoms with Gasteiger partial charge in [0.15, 0.2) is 0 Å². The van der Waals surface area contributed by atoms with Gasteiger partial charge < -0.3 is 0 Å². The molecular weight excluding hydrogens is 232 g/mol. The number of carbonyl (C=O) groups is 1. The highest BCUT2D eigenvalue weighted by molar-refractivity contribution is 9.09. The molecule has 0 N–H and O–H groups in total. The smallest absolute Gasteiger partial charge is 0.270 e. The zero-order valence-corrected chi connectivity index (χ0v) is 8.36. The van der Waals surface area contributed by atoms with Crippen molar-refractivity contribution in [3.63, 3.8) is 0 Å². The monoisotopic (exact) mass is 238 g/mol. The van der Waals surface area contributed by atoms with Crippen LogP contribution in [0, 0.1) is 0 Å². The second-order valence-electron chi connectivity index (χ2n) is 2.74. The van der Waals surface area contributed by atoms with E-state index in [1.807, 2.05) is 18.2 Å². The molecule has 0 radical (unpaired) electrons. The van der Waals surface area contributed by atoms with Gasteiger partial charge in [0.05, 0.1) is 10.7 Å². The fraction of sp³-hybridized carbons (Fsp3) is 0.222. The van der Waals surface area contributed by atoms with E-state index in [0.717, 1.165) is 5.36 Å². The van der Waals surface area contributed by atoms with Crippen LogP contribution in [0.4, 0.5) is 0 Å². The van der Waals surface area contributed by atoms with Crippen molar-refractivity contribution >= 4 is 21.8 Å². The van der Waals surface area contributed by atoms with Crippen LogP contribution in [0.2, 0.25) is 0 Å². The van der Waals surface area contributed by atoms with Gasteiger partial charge in [-0.05, 0) is 12.1 Å². The molecule has 1 aromatic rings. The zero-order valence-electron chi connectivity index (χ0n) is 6.77. The first-order valence-electron chi connectivity index (χ1n) is 3.92. The third-order valence-electron chi connectivity index (χ3n) is 1.84. The van der Waals surface area contributed by atoms with E-state index < -0.39 is 0 Å². The van der Waals surface area contributed by atoms with Crippen LogP contribution in [0.3, 0.4) is 0 Å². The normalized spacial score (nSPS) is 20.1. The molecule has 1 aliphatic rings. The van der Waals surface area contributed by atoms with Crippen molar-refractivity contribution in [2.45, 2.75) is 6.04 Å². The largest absolute Gasteiger partial charge is 0.271 e. The van der Waals surface area contributed by atoms with Gasteiger partial charge in [0.1, 0.15) is 6.04 Å². The predicted octanol–water partition coefficient (Wildman–Crippen LogP) is 0.229. The van der Waals surface area contributed by atoms with Crippen LogP contribution < -0.4 is 10.7 Å². The van der Waals surface area contributed by atoms with Gasteiger partial charge in [-0.3, -0.25) is 9.79 Å². The van der Waals surface area contributed by atoms with Crippen LogP contribution in [0.25, 0.3) is 0 Å². The molecule has 2 rings (SSSR count). The van der Waals surface area contributed by atoms with Crippen molar-refractivity contribution in [3.05, 3.63) is 35.0 Å². The summed E-state index contributed by atoms with van der Waals surface area (Å²) in [7, 11) is 0. The maximum Gasteiger partial charge on any atom is 0.271 e. The summed E-state index contributed by atoms with van der Waals surface area (Å²) >= 11 is 3.23. The number of nitrogens with zero attached hydrogens (tertiary/aromatic N) is 2. The summed E-state index contributed by atoms with van der Waals surface area (Å²) in [6.07, 6.45) is 0. The number of rotatable bonds is 1. The standard InChI is InChI=1S/C9H7BrN2O/c10-5-8-9(13)12-7-4-2-1-3-6(7)11-8/h1-4,8H,5H2/t8-/m0/s1. The van der Waals surface area contributed by atoms with Crippen molar-refractivity contribution in [1.29, 1.82) is 0 Å². The molecule has 1 aliphatic heterocycles. The molecular formula is C9H7BrN2O. The summed E-state index contributed by atoms with van der Waals surface area (Å²) in [5.74, 6) is -0.171. The van der Waals surface area contributed by atoms with Crippen LogP contribution in [-0.2, 0) is 4.79 Å². The van der Waals surface area contributed by atoms with Gasteiger partial charge in [0.2, 0.25) is 0 Å². The Kier molecular flexibility index (Phi) is 2.22. The van der Waals surface area contributed by atoms with Crippen LogP contribution >= 0.6 is 15.9 Å². The Labute approximate surface area is 83.3 Å². The zero-order chi connectivity index (χ0) is 9.26. The lowest BCUT2D eigenvalue weighted by Crippen LogP contribution is -2.37. The van der Waals surface area contributed by atoms with E-state index in [1.54, 1.807) is 6.07 Å². The molecule has 0 saturated heterocycles. The van der Waals surface area contributed by atoms with E-state index in [-0.39, 0.29) is 11.9 Å². The predicted molar refractivity (Wildman–Crippen MR) is 51.3 cm³/mol. The molecule has 1 heterocycles. The Morgan fingerprint density at radius 2 is 2.00 bits per heavy atom. The topological polar surface area (TPSA) is 41.8 Å². The fourth-order valence-electron chi connectivity index (χ4n) is 1.18. The van der Waals surface area contributed by atoms with Crippen LogP contribution in [0.15, 0.2) is 34.3 Å². The number of alkyl halides is 1. The molecule has 0 unspecified atom stereocenters. The van der Waals surface area contributed by atoms with Crippen molar-refractivity contribution in [3.8, 4) is 0 Å². The molecule has 1 aromatic carbocycles. The SMILES string of the molecule is O=C1N=c2ccccc2=N[C@H]1CBr. The lowest BCUT2D eigenvalue weighted by molar-refractivity contribution is -0.119. The maximum absolute atomic E-state index is 11.3. The highest BCUT2D eigenvalue weighted by Gasteiger charge is 2.17. The quantitative estimate of drug-likeness (QED) is 0.647. The van der Waals surface area contributed by atoms with E-state index in [4.69, 9.17) is 0 Å². The van der Waals surface area contributed by atoms with Crippen molar-refractivity contribution in [2.24, 2.45) is 9.98 Å². The minimum Gasteiger partial charge on any atom is -0.270 e. The van der Waals surface area contributed by atoms with E-state index >= 15 is 0 Å². The van der Waals surface area contributed by atoms with Gasteiger partial charge in [0, 0.05) is 5.33 Å². The Bertz CT molecular complexity index is 455. The van der Waals surface area contributed by atoms with Gasteiger partial charge in [-0.15, -0.1) is 0 Å². The molecule has 0 spiro atoms. The summed E-state index contributed by atoms with van der Waals surface area (Å²) in [6, 6.07) is 7.04. The summed E-state index contributed by atoms with van der Waals surface area (Å²) in [4.78, 5) is 19.5. The maximum atomic E-state index is 11.3. The molecule has 4 heteroatoms. The molecule has 0 aliphatic carbocycles. The number of benzene rings is 1. The number of carbonyl (C=O) groups excluding carboxylic acids is 1. The van der Waals surface area contributed by atoms with E-state index in [0.29, 0.717) is 10.7 Å². The number of para-hydroxylation sites is 2. The second kappa shape index (κ2) is 3.38. The van der Waals surface area contributed by atoms with E-state index in [1.165, 1.54) is 0 Å². The minimum atomic E-state index is -0.352. The molecule has 1 amide bonds. The van der Waals surface area contributed by atoms with Crippen molar-refractivity contribution in [2.75, 3.05) is 5.33 Å². The Hall–Kier alpha value is -1.03. The Morgan fingerprint density at radius 1 is 1.31 bits per heavy atom. The number of hydrogen-bond acceptors (Lipinski definition) is 2. The molecule has 3 nitrogen and oxygen atoms in total. The van der Waals surface area contributed by atoms with Gasteiger partial charge in [0.25, 0.3) is 5.91 Å². The van der Waals surface area contributed by atoms with Gasteiger partial charge in [-0.25, -0.2) is 4.99 Å². The van der Waals surface area contributed by atoms with Crippen molar-refractivity contribution in [1.82, 2.24) is 0 Å². The van der Waals surface area contributed by atoms with Crippen LogP contribution in [-0.4, -0.2) is 17.3 Å². The first-order chi connectivity index (χ1) is 6.31. The molecule has 1 atom stereocenters.